The molecular formula is C15H21BrN2O2. The first-order valence-electron chi connectivity index (χ1n) is 7.16. The first-order valence-corrected chi connectivity index (χ1v) is 7.95. The molecule has 1 saturated heterocycles. The van der Waals surface area contributed by atoms with Crippen LogP contribution in [0, 0.1) is 0 Å². The summed E-state index contributed by atoms with van der Waals surface area (Å²) in [5.41, 5.74) is 0.366. The van der Waals surface area contributed by atoms with Gasteiger partial charge in [-0.3, -0.25) is 4.79 Å². The van der Waals surface area contributed by atoms with Crippen LogP contribution in [-0.4, -0.2) is 29.1 Å². The quantitative estimate of drug-likeness (QED) is 0.855. The Balaban J connectivity index is 2.01. The number of nitrogens with one attached hydrogen (secondary N) is 1. The highest BCUT2D eigenvalue weighted by Crippen LogP contribution is 2.31. The summed E-state index contributed by atoms with van der Waals surface area (Å²) in [5, 5.41) is 3.08. The second kappa shape index (κ2) is 6.68. The molecule has 1 unspecified atom stereocenters. The smallest absolute Gasteiger partial charge is 0.270 e. The average molecular weight is 341 g/mol. The molecule has 1 aromatic rings. The van der Waals surface area contributed by atoms with Crippen LogP contribution in [-0.2, 0) is 4.74 Å². The monoisotopic (exact) mass is 340 g/mol. The summed E-state index contributed by atoms with van der Waals surface area (Å²) in [4.78, 5) is 16.4. The van der Waals surface area contributed by atoms with Crippen LogP contribution >= 0.6 is 15.9 Å². The SMILES string of the molecule is CCC1(CC)CC(NC(=O)c2cccc(Br)n2)CCO1. The molecule has 2 heterocycles. The van der Waals surface area contributed by atoms with Gasteiger partial charge in [-0.1, -0.05) is 19.9 Å². The molecule has 5 heteroatoms. The van der Waals surface area contributed by atoms with Crippen molar-refractivity contribution in [2.75, 3.05) is 6.61 Å². The maximum Gasteiger partial charge on any atom is 0.270 e. The molecule has 20 heavy (non-hydrogen) atoms. The molecule has 1 atom stereocenters. The number of hydrogen-bond donors (Lipinski definition) is 1. The number of pyridine rings is 1. The Bertz CT molecular complexity index is 475. The number of amides is 1. The lowest BCUT2D eigenvalue weighted by molar-refractivity contribution is -0.0918. The van der Waals surface area contributed by atoms with E-state index in [0.717, 1.165) is 25.7 Å². The van der Waals surface area contributed by atoms with Gasteiger partial charge < -0.3 is 10.1 Å². The molecule has 1 aromatic heterocycles. The number of carbonyl (C=O) groups is 1. The van der Waals surface area contributed by atoms with E-state index in [1.54, 1.807) is 6.07 Å². The maximum atomic E-state index is 12.2. The van der Waals surface area contributed by atoms with Gasteiger partial charge in [-0.05, 0) is 53.7 Å². The molecule has 4 nitrogen and oxygen atoms in total. The molecule has 0 aromatic carbocycles. The fraction of sp³-hybridized carbons (Fsp3) is 0.600. The summed E-state index contributed by atoms with van der Waals surface area (Å²) in [6.07, 6.45) is 3.69. The molecule has 1 fully saturated rings. The van der Waals surface area contributed by atoms with Crippen molar-refractivity contribution >= 4 is 21.8 Å². The lowest BCUT2D eigenvalue weighted by Crippen LogP contribution is -2.48. The average Bonchev–Trinajstić information content (AvgIpc) is 2.47. The standard InChI is InChI=1S/C15H21BrN2O2/c1-3-15(4-2)10-11(8-9-20-15)17-14(19)12-6-5-7-13(16)18-12/h5-7,11H,3-4,8-10H2,1-2H3,(H,17,19). The summed E-state index contributed by atoms with van der Waals surface area (Å²) in [7, 11) is 0. The molecule has 1 aliphatic heterocycles. The third-order valence-corrected chi connectivity index (χ3v) is 4.51. The van der Waals surface area contributed by atoms with Gasteiger partial charge in [0.05, 0.1) is 5.60 Å². The third kappa shape index (κ3) is 3.58. The van der Waals surface area contributed by atoms with Crippen molar-refractivity contribution in [3.05, 3.63) is 28.5 Å². The molecule has 1 aliphatic rings. The van der Waals surface area contributed by atoms with E-state index in [0.29, 0.717) is 16.9 Å². The molecule has 0 radical (unpaired) electrons. The van der Waals surface area contributed by atoms with Crippen LogP contribution in [0.3, 0.4) is 0 Å². The first-order chi connectivity index (χ1) is 9.58. The van der Waals surface area contributed by atoms with Crippen molar-refractivity contribution in [1.29, 1.82) is 0 Å². The first kappa shape index (κ1) is 15.4. The summed E-state index contributed by atoms with van der Waals surface area (Å²) in [6.45, 7) is 4.99. The molecule has 1 N–H and O–H groups in total. The molecule has 0 spiro atoms. The van der Waals surface area contributed by atoms with Crippen molar-refractivity contribution in [2.45, 2.75) is 51.2 Å². The molecular weight excluding hydrogens is 320 g/mol. The Hall–Kier alpha value is -0.940. The van der Waals surface area contributed by atoms with Crippen LogP contribution in [0.4, 0.5) is 0 Å². The van der Waals surface area contributed by atoms with Crippen LogP contribution in [0.1, 0.15) is 50.0 Å². The maximum absolute atomic E-state index is 12.2. The third-order valence-electron chi connectivity index (χ3n) is 4.06. The minimum atomic E-state index is -0.112. The molecule has 110 valence electrons. The lowest BCUT2D eigenvalue weighted by Gasteiger charge is -2.40. The number of rotatable bonds is 4. The van der Waals surface area contributed by atoms with Crippen molar-refractivity contribution in [2.24, 2.45) is 0 Å². The topological polar surface area (TPSA) is 51.2 Å². The molecule has 0 bridgehead atoms. The number of aromatic nitrogens is 1. The predicted octanol–water partition coefficient (Wildman–Crippen LogP) is 3.31. The number of hydrogen-bond acceptors (Lipinski definition) is 3. The minimum Gasteiger partial charge on any atom is -0.375 e. The van der Waals surface area contributed by atoms with Crippen molar-refractivity contribution < 1.29 is 9.53 Å². The number of nitrogens with zero attached hydrogens (tertiary/aromatic N) is 1. The second-order valence-electron chi connectivity index (χ2n) is 5.25. The van der Waals surface area contributed by atoms with Gasteiger partial charge in [-0.15, -0.1) is 0 Å². The molecule has 0 saturated carbocycles. The van der Waals surface area contributed by atoms with E-state index >= 15 is 0 Å². The summed E-state index contributed by atoms with van der Waals surface area (Å²) >= 11 is 3.29. The van der Waals surface area contributed by atoms with Gasteiger partial charge in [0.1, 0.15) is 10.3 Å². The normalized spacial score (nSPS) is 21.4. The van der Waals surface area contributed by atoms with E-state index in [-0.39, 0.29) is 17.6 Å². The van der Waals surface area contributed by atoms with Crippen molar-refractivity contribution in [1.82, 2.24) is 10.3 Å². The number of halogens is 1. The number of carbonyl (C=O) groups excluding carboxylic acids is 1. The van der Waals surface area contributed by atoms with E-state index in [9.17, 15) is 4.79 Å². The van der Waals surface area contributed by atoms with Crippen LogP contribution in [0.2, 0.25) is 0 Å². The Morgan fingerprint density at radius 2 is 2.25 bits per heavy atom. The molecule has 2 rings (SSSR count). The van der Waals surface area contributed by atoms with Crippen LogP contribution in [0.25, 0.3) is 0 Å². The van der Waals surface area contributed by atoms with Gasteiger partial charge in [0, 0.05) is 12.6 Å². The zero-order valence-electron chi connectivity index (χ0n) is 12.0. The van der Waals surface area contributed by atoms with Crippen LogP contribution in [0.15, 0.2) is 22.8 Å². The fourth-order valence-corrected chi connectivity index (χ4v) is 3.03. The van der Waals surface area contributed by atoms with Crippen molar-refractivity contribution in [3.8, 4) is 0 Å². The second-order valence-corrected chi connectivity index (χ2v) is 6.06. The zero-order valence-corrected chi connectivity index (χ0v) is 13.6. The highest BCUT2D eigenvalue weighted by molar-refractivity contribution is 9.10. The molecule has 1 amide bonds. The van der Waals surface area contributed by atoms with E-state index < -0.39 is 0 Å². The van der Waals surface area contributed by atoms with Crippen molar-refractivity contribution in [3.63, 3.8) is 0 Å². The van der Waals surface area contributed by atoms with Gasteiger partial charge in [0.2, 0.25) is 0 Å². The lowest BCUT2D eigenvalue weighted by atomic mass is 9.86. The molecule has 0 aliphatic carbocycles. The highest BCUT2D eigenvalue weighted by atomic mass is 79.9. The Kier molecular flexibility index (Phi) is 5.16. The van der Waals surface area contributed by atoms with Gasteiger partial charge in [-0.2, -0.15) is 0 Å². The fourth-order valence-electron chi connectivity index (χ4n) is 2.69. The van der Waals surface area contributed by atoms with E-state index in [2.05, 4.69) is 40.1 Å². The van der Waals surface area contributed by atoms with Crippen LogP contribution in [0.5, 0.6) is 0 Å². The Labute approximate surface area is 128 Å². The van der Waals surface area contributed by atoms with Gasteiger partial charge >= 0.3 is 0 Å². The summed E-state index contributed by atoms with van der Waals surface area (Å²) in [6, 6.07) is 5.52. The van der Waals surface area contributed by atoms with E-state index in [4.69, 9.17) is 4.74 Å². The van der Waals surface area contributed by atoms with Crippen LogP contribution < -0.4 is 5.32 Å². The van der Waals surface area contributed by atoms with Gasteiger partial charge in [0.25, 0.3) is 5.91 Å². The van der Waals surface area contributed by atoms with E-state index in [1.807, 2.05) is 12.1 Å². The van der Waals surface area contributed by atoms with Gasteiger partial charge in [0.15, 0.2) is 0 Å². The summed E-state index contributed by atoms with van der Waals surface area (Å²) in [5.74, 6) is -0.112. The Morgan fingerprint density at radius 3 is 2.90 bits per heavy atom. The Morgan fingerprint density at radius 1 is 1.50 bits per heavy atom. The largest absolute Gasteiger partial charge is 0.375 e. The minimum absolute atomic E-state index is 0.0824. The summed E-state index contributed by atoms with van der Waals surface area (Å²) < 4.78 is 6.60. The predicted molar refractivity (Wildman–Crippen MR) is 81.7 cm³/mol. The van der Waals surface area contributed by atoms with E-state index in [1.165, 1.54) is 0 Å². The number of ether oxygens (including phenoxy) is 1. The van der Waals surface area contributed by atoms with Gasteiger partial charge in [-0.25, -0.2) is 4.98 Å². The zero-order chi connectivity index (χ0) is 14.6. The highest BCUT2D eigenvalue weighted by Gasteiger charge is 2.35.